The molecule has 25 heavy (non-hydrogen) atoms. The van der Waals surface area contributed by atoms with Gasteiger partial charge >= 0.3 is 5.97 Å². The maximum atomic E-state index is 12.8. The minimum atomic E-state index is -0.864. The van der Waals surface area contributed by atoms with Crippen LogP contribution in [0, 0.1) is 0 Å². The first kappa shape index (κ1) is 17.0. The second kappa shape index (κ2) is 6.59. The quantitative estimate of drug-likeness (QED) is 0.904. The first-order chi connectivity index (χ1) is 12.0. The lowest BCUT2D eigenvalue weighted by molar-refractivity contribution is -0.138. The van der Waals surface area contributed by atoms with Crippen LogP contribution in [0.25, 0.3) is 0 Å². The fourth-order valence-electron chi connectivity index (χ4n) is 3.14. The lowest BCUT2D eigenvalue weighted by atomic mass is 10.0. The van der Waals surface area contributed by atoms with Crippen molar-refractivity contribution in [1.82, 2.24) is 0 Å². The van der Waals surface area contributed by atoms with E-state index in [1.54, 1.807) is 43.2 Å². The molecule has 1 aliphatic heterocycles. The lowest BCUT2D eigenvalue weighted by Crippen LogP contribution is -2.23. The van der Waals surface area contributed by atoms with Crippen LogP contribution in [0.3, 0.4) is 0 Å². The Morgan fingerprint density at radius 3 is 2.52 bits per heavy atom. The van der Waals surface area contributed by atoms with Gasteiger partial charge in [0.25, 0.3) is 5.91 Å². The van der Waals surface area contributed by atoms with Crippen LogP contribution >= 0.6 is 0 Å². The SMILES string of the molecule is CCc1cc2c(cc1OC)CN(c1ccc(C(C)C(=O)O)cc1)C2=O. The third-order valence-electron chi connectivity index (χ3n) is 4.77. The molecule has 0 aromatic heterocycles. The molecule has 0 saturated carbocycles. The van der Waals surface area contributed by atoms with E-state index in [1.807, 2.05) is 19.1 Å². The molecule has 1 atom stereocenters. The number of hydrogen-bond donors (Lipinski definition) is 1. The summed E-state index contributed by atoms with van der Waals surface area (Å²) in [6, 6.07) is 11.0. The molecule has 130 valence electrons. The molecule has 1 amide bonds. The number of methoxy groups -OCH3 is 1. The molecule has 0 aliphatic carbocycles. The monoisotopic (exact) mass is 339 g/mol. The van der Waals surface area contributed by atoms with E-state index >= 15 is 0 Å². The summed E-state index contributed by atoms with van der Waals surface area (Å²) in [5, 5.41) is 9.10. The summed E-state index contributed by atoms with van der Waals surface area (Å²) in [5.74, 6) is -0.665. The van der Waals surface area contributed by atoms with Crippen molar-refractivity contribution in [2.24, 2.45) is 0 Å². The molecule has 0 saturated heterocycles. The van der Waals surface area contributed by atoms with Crippen molar-refractivity contribution >= 4 is 17.6 Å². The number of carboxylic acid groups (broad SMARTS) is 1. The van der Waals surface area contributed by atoms with Gasteiger partial charge in [-0.15, -0.1) is 0 Å². The van der Waals surface area contributed by atoms with Crippen LogP contribution in [0.1, 0.15) is 46.8 Å². The Morgan fingerprint density at radius 2 is 1.96 bits per heavy atom. The van der Waals surface area contributed by atoms with E-state index in [0.29, 0.717) is 12.1 Å². The van der Waals surface area contributed by atoms with Crippen LogP contribution in [0.2, 0.25) is 0 Å². The molecule has 5 heteroatoms. The van der Waals surface area contributed by atoms with Crippen molar-refractivity contribution in [1.29, 1.82) is 0 Å². The summed E-state index contributed by atoms with van der Waals surface area (Å²) in [7, 11) is 1.64. The zero-order chi connectivity index (χ0) is 18.1. The predicted octanol–water partition coefficient (Wildman–Crippen LogP) is 3.61. The lowest BCUT2D eigenvalue weighted by Gasteiger charge is -2.16. The maximum absolute atomic E-state index is 12.8. The fraction of sp³-hybridized carbons (Fsp3) is 0.300. The Kier molecular flexibility index (Phi) is 4.49. The van der Waals surface area contributed by atoms with Crippen molar-refractivity contribution in [2.45, 2.75) is 32.7 Å². The number of carbonyl (C=O) groups excluding carboxylic acids is 1. The highest BCUT2D eigenvalue weighted by Gasteiger charge is 2.30. The maximum Gasteiger partial charge on any atom is 0.310 e. The third kappa shape index (κ3) is 2.97. The summed E-state index contributed by atoms with van der Waals surface area (Å²) in [6.45, 7) is 4.17. The van der Waals surface area contributed by atoms with E-state index in [2.05, 4.69) is 0 Å². The van der Waals surface area contributed by atoms with Gasteiger partial charge in [-0.1, -0.05) is 19.1 Å². The normalized spacial score (nSPS) is 14.4. The van der Waals surface area contributed by atoms with Crippen LogP contribution < -0.4 is 9.64 Å². The number of anilines is 1. The van der Waals surface area contributed by atoms with Gasteiger partial charge in [0, 0.05) is 11.3 Å². The molecule has 2 aromatic rings. The molecule has 0 bridgehead atoms. The zero-order valence-corrected chi connectivity index (χ0v) is 14.6. The summed E-state index contributed by atoms with van der Waals surface area (Å²) in [5.41, 5.74) is 4.15. The topological polar surface area (TPSA) is 66.8 Å². The average Bonchev–Trinajstić information content (AvgIpc) is 2.95. The molecule has 1 N–H and O–H groups in total. The Labute approximate surface area is 146 Å². The number of fused-ring (bicyclic) bond motifs is 1. The molecule has 1 unspecified atom stereocenters. The van der Waals surface area contributed by atoms with E-state index in [4.69, 9.17) is 9.84 Å². The molecule has 2 aromatic carbocycles. The van der Waals surface area contributed by atoms with Crippen molar-refractivity contribution in [2.75, 3.05) is 12.0 Å². The van der Waals surface area contributed by atoms with Gasteiger partial charge in [-0.2, -0.15) is 0 Å². The largest absolute Gasteiger partial charge is 0.496 e. The first-order valence-corrected chi connectivity index (χ1v) is 8.30. The number of benzene rings is 2. The number of carbonyl (C=O) groups is 2. The number of hydrogen-bond acceptors (Lipinski definition) is 3. The minimum absolute atomic E-state index is 0.0358. The Hall–Kier alpha value is -2.82. The summed E-state index contributed by atoms with van der Waals surface area (Å²) in [4.78, 5) is 25.6. The highest BCUT2D eigenvalue weighted by atomic mass is 16.5. The average molecular weight is 339 g/mol. The second-order valence-electron chi connectivity index (χ2n) is 6.22. The van der Waals surface area contributed by atoms with E-state index in [1.165, 1.54) is 0 Å². The number of ether oxygens (including phenoxy) is 1. The Bertz CT molecular complexity index is 826. The fourth-order valence-corrected chi connectivity index (χ4v) is 3.14. The van der Waals surface area contributed by atoms with Crippen LogP contribution in [0.5, 0.6) is 5.75 Å². The minimum Gasteiger partial charge on any atom is -0.496 e. The van der Waals surface area contributed by atoms with Gasteiger partial charge in [-0.3, -0.25) is 9.59 Å². The smallest absolute Gasteiger partial charge is 0.310 e. The van der Waals surface area contributed by atoms with Gasteiger partial charge in [0.2, 0.25) is 0 Å². The van der Waals surface area contributed by atoms with Crippen LogP contribution in [0.4, 0.5) is 5.69 Å². The van der Waals surface area contributed by atoms with E-state index in [9.17, 15) is 9.59 Å². The number of carboxylic acids is 1. The number of rotatable bonds is 5. The van der Waals surface area contributed by atoms with Gasteiger partial charge in [-0.05, 0) is 54.3 Å². The second-order valence-corrected chi connectivity index (χ2v) is 6.22. The number of amides is 1. The molecular weight excluding hydrogens is 318 g/mol. The van der Waals surface area contributed by atoms with Crippen molar-refractivity contribution < 1.29 is 19.4 Å². The van der Waals surface area contributed by atoms with Gasteiger partial charge in [0.05, 0.1) is 19.6 Å². The summed E-state index contributed by atoms with van der Waals surface area (Å²) < 4.78 is 5.42. The molecule has 0 fully saturated rings. The zero-order valence-electron chi connectivity index (χ0n) is 14.6. The van der Waals surface area contributed by atoms with E-state index < -0.39 is 11.9 Å². The number of aryl methyl sites for hydroxylation is 1. The molecule has 5 nitrogen and oxygen atoms in total. The Morgan fingerprint density at radius 1 is 1.28 bits per heavy atom. The summed E-state index contributed by atoms with van der Waals surface area (Å²) >= 11 is 0. The highest BCUT2D eigenvalue weighted by molar-refractivity contribution is 6.10. The van der Waals surface area contributed by atoms with E-state index in [-0.39, 0.29) is 5.91 Å². The molecule has 3 rings (SSSR count). The van der Waals surface area contributed by atoms with Gasteiger partial charge < -0.3 is 14.7 Å². The molecule has 0 radical (unpaired) electrons. The highest BCUT2D eigenvalue weighted by Crippen LogP contribution is 2.33. The molecule has 1 aliphatic rings. The van der Waals surface area contributed by atoms with Crippen molar-refractivity contribution in [3.63, 3.8) is 0 Å². The van der Waals surface area contributed by atoms with E-state index in [0.717, 1.165) is 34.5 Å². The molecule has 0 spiro atoms. The van der Waals surface area contributed by atoms with Crippen molar-refractivity contribution in [3.05, 3.63) is 58.7 Å². The Balaban J connectivity index is 1.90. The van der Waals surface area contributed by atoms with Crippen LogP contribution in [-0.4, -0.2) is 24.1 Å². The van der Waals surface area contributed by atoms with Crippen molar-refractivity contribution in [3.8, 4) is 5.75 Å². The number of aliphatic carboxylic acids is 1. The number of nitrogens with zero attached hydrogens (tertiary/aromatic N) is 1. The van der Waals surface area contributed by atoms with Gasteiger partial charge in [0.1, 0.15) is 5.75 Å². The standard InChI is InChI=1S/C20H21NO4/c1-4-13-9-17-15(10-18(13)25-3)11-21(19(17)22)16-7-5-14(6-8-16)12(2)20(23)24/h5-10,12H,4,11H2,1-3H3,(H,23,24). The molecular formula is C20H21NO4. The van der Waals surface area contributed by atoms with Crippen LogP contribution in [-0.2, 0) is 17.8 Å². The molecule has 1 heterocycles. The van der Waals surface area contributed by atoms with Gasteiger partial charge in [0.15, 0.2) is 0 Å². The van der Waals surface area contributed by atoms with Gasteiger partial charge in [-0.25, -0.2) is 0 Å². The first-order valence-electron chi connectivity index (χ1n) is 8.30. The van der Waals surface area contributed by atoms with Crippen LogP contribution in [0.15, 0.2) is 36.4 Å². The summed E-state index contributed by atoms with van der Waals surface area (Å²) in [6.07, 6.45) is 0.797. The predicted molar refractivity (Wildman–Crippen MR) is 95.4 cm³/mol. The third-order valence-corrected chi connectivity index (χ3v) is 4.77.